The number of rotatable bonds is 10. The second-order valence-corrected chi connectivity index (χ2v) is 5.90. The third kappa shape index (κ3) is 6.90. The van der Waals surface area contributed by atoms with Crippen molar-refractivity contribution in [3.05, 3.63) is 39.9 Å². The van der Waals surface area contributed by atoms with Crippen molar-refractivity contribution < 1.29 is 4.92 Å². The molecule has 1 rings (SSSR count). The summed E-state index contributed by atoms with van der Waals surface area (Å²) in [5.41, 5.74) is 1.21. The standard InChI is InChI=1S/C16H24ClNO2/c1-2-3-4-5-6-7-8-15(17)13-14-9-11-16(12-10-14)18(19)20/h9-12,15H,2-8,13H2,1H3. The summed E-state index contributed by atoms with van der Waals surface area (Å²) in [6.45, 7) is 2.22. The van der Waals surface area contributed by atoms with Gasteiger partial charge in [-0.05, 0) is 18.4 Å². The van der Waals surface area contributed by atoms with Crippen LogP contribution in [0.4, 0.5) is 5.69 Å². The van der Waals surface area contributed by atoms with Crippen molar-refractivity contribution in [1.29, 1.82) is 0 Å². The van der Waals surface area contributed by atoms with Crippen molar-refractivity contribution in [2.24, 2.45) is 0 Å². The number of nitro groups is 1. The molecule has 0 aliphatic carbocycles. The quantitative estimate of drug-likeness (QED) is 0.248. The number of nitrogens with zero attached hydrogens (tertiary/aromatic N) is 1. The van der Waals surface area contributed by atoms with Crippen LogP contribution in [-0.4, -0.2) is 10.3 Å². The molecule has 1 aromatic rings. The Morgan fingerprint density at radius 2 is 1.70 bits per heavy atom. The highest BCUT2D eigenvalue weighted by atomic mass is 35.5. The van der Waals surface area contributed by atoms with Crippen LogP contribution in [0.5, 0.6) is 0 Å². The minimum atomic E-state index is -0.377. The topological polar surface area (TPSA) is 43.1 Å². The lowest BCUT2D eigenvalue weighted by Crippen LogP contribution is -2.03. The molecule has 0 spiro atoms. The Morgan fingerprint density at radius 3 is 2.30 bits per heavy atom. The zero-order chi connectivity index (χ0) is 14.8. The van der Waals surface area contributed by atoms with Gasteiger partial charge in [0.1, 0.15) is 0 Å². The monoisotopic (exact) mass is 297 g/mol. The molecule has 112 valence electrons. The first-order chi connectivity index (χ1) is 9.63. The van der Waals surface area contributed by atoms with Crippen molar-refractivity contribution in [1.82, 2.24) is 0 Å². The molecule has 0 bridgehead atoms. The van der Waals surface area contributed by atoms with E-state index >= 15 is 0 Å². The summed E-state index contributed by atoms with van der Waals surface area (Å²) in [6.07, 6.45) is 9.46. The number of alkyl halides is 1. The Balaban J connectivity index is 2.21. The van der Waals surface area contributed by atoms with Crippen molar-refractivity contribution in [3.8, 4) is 0 Å². The van der Waals surface area contributed by atoms with E-state index in [0.29, 0.717) is 0 Å². The maximum atomic E-state index is 10.6. The van der Waals surface area contributed by atoms with E-state index in [0.717, 1.165) is 18.4 Å². The SMILES string of the molecule is CCCCCCCCC(Cl)Cc1ccc([N+](=O)[O-])cc1. The van der Waals surface area contributed by atoms with E-state index in [4.69, 9.17) is 11.6 Å². The van der Waals surface area contributed by atoms with E-state index in [9.17, 15) is 10.1 Å². The van der Waals surface area contributed by atoms with Crippen LogP contribution >= 0.6 is 11.6 Å². The highest BCUT2D eigenvalue weighted by Gasteiger charge is 2.08. The maximum absolute atomic E-state index is 10.6. The fourth-order valence-corrected chi connectivity index (χ4v) is 2.59. The molecule has 0 N–H and O–H groups in total. The van der Waals surface area contributed by atoms with E-state index in [1.807, 2.05) is 0 Å². The zero-order valence-electron chi connectivity index (χ0n) is 12.2. The van der Waals surface area contributed by atoms with Crippen LogP contribution in [0.1, 0.15) is 57.4 Å². The van der Waals surface area contributed by atoms with E-state index in [-0.39, 0.29) is 16.0 Å². The first-order valence-electron chi connectivity index (χ1n) is 7.51. The minimum Gasteiger partial charge on any atom is -0.258 e. The minimum absolute atomic E-state index is 0.127. The molecule has 0 heterocycles. The Labute approximate surface area is 126 Å². The van der Waals surface area contributed by atoms with E-state index in [2.05, 4.69) is 6.92 Å². The first kappa shape index (κ1) is 17.0. The second kappa shape index (κ2) is 9.76. The second-order valence-electron chi connectivity index (χ2n) is 5.28. The summed E-state index contributed by atoms with van der Waals surface area (Å²) in [4.78, 5) is 10.2. The van der Waals surface area contributed by atoms with Crippen molar-refractivity contribution in [2.45, 2.75) is 63.7 Å². The number of non-ortho nitro benzene ring substituents is 1. The fourth-order valence-electron chi connectivity index (χ4n) is 2.26. The fraction of sp³-hybridized carbons (Fsp3) is 0.625. The lowest BCUT2D eigenvalue weighted by atomic mass is 10.0. The van der Waals surface area contributed by atoms with Crippen LogP contribution in [0.25, 0.3) is 0 Å². The zero-order valence-corrected chi connectivity index (χ0v) is 12.9. The normalized spacial score (nSPS) is 12.3. The van der Waals surface area contributed by atoms with Crippen LogP contribution in [-0.2, 0) is 6.42 Å². The largest absolute Gasteiger partial charge is 0.269 e. The first-order valence-corrected chi connectivity index (χ1v) is 7.94. The number of nitro benzene ring substituents is 1. The van der Waals surface area contributed by atoms with Gasteiger partial charge in [-0.3, -0.25) is 10.1 Å². The van der Waals surface area contributed by atoms with Gasteiger partial charge in [-0.25, -0.2) is 0 Å². The third-order valence-electron chi connectivity index (χ3n) is 3.48. The molecule has 4 heteroatoms. The van der Waals surface area contributed by atoms with Gasteiger partial charge >= 0.3 is 0 Å². The van der Waals surface area contributed by atoms with Gasteiger partial charge < -0.3 is 0 Å². The summed E-state index contributed by atoms with van der Waals surface area (Å²) in [5.74, 6) is 0. The summed E-state index contributed by atoms with van der Waals surface area (Å²) >= 11 is 6.32. The molecule has 0 aliphatic rings. The van der Waals surface area contributed by atoms with Crippen LogP contribution in [0.15, 0.2) is 24.3 Å². The Morgan fingerprint density at radius 1 is 1.10 bits per heavy atom. The van der Waals surface area contributed by atoms with Crippen LogP contribution in [0.3, 0.4) is 0 Å². The summed E-state index contributed by atoms with van der Waals surface area (Å²) in [6, 6.07) is 6.69. The molecule has 0 saturated heterocycles. The highest BCUT2D eigenvalue weighted by molar-refractivity contribution is 6.20. The predicted molar refractivity (Wildman–Crippen MR) is 84.4 cm³/mol. The van der Waals surface area contributed by atoms with Crippen molar-refractivity contribution in [3.63, 3.8) is 0 Å². The molecule has 0 amide bonds. The van der Waals surface area contributed by atoms with Crippen LogP contribution in [0, 0.1) is 10.1 Å². The van der Waals surface area contributed by atoms with Gasteiger partial charge in [-0.1, -0.05) is 57.6 Å². The van der Waals surface area contributed by atoms with Crippen LogP contribution in [0.2, 0.25) is 0 Å². The van der Waals surface area contributed by atoms with Gasteiger partial charge in [0.15, 0.2) is 0 Å². The van der Waals surface area contributed by atoms with E-state index in [1.165, 1.54) is 38.5 Å². The maximum Gasteiger partial charge on any atom is 0.269 e. The Bertz CT molecular complexity index is 392. The van der Waals surface area contributed by atoms with Gasteiger partial charge in [0.25, 0.3) is 5.69 Å². The molecular formula is C16H24ClNO2. The molecule has 20 heavy (non-hydrogen) atoms. The molecule has 0 saturated carbocycles. The molecule has 0 aliphatic heterocycles. The highest BCUT2D eigenvalue weighted by Crippen LogP contribution is 2.18. The van der Waals surface area contributed by atoms with Crippen LogP contribution < -0.4 is 0 Å². The van der Waals surface area contributed by atoms with E-state index in [1.54, 1.807) is 24.3 Å². The van der Waals surface area contributed by atoms with Gasteiger partial charge in [0.05, 0.1) is 4.92 Å². The van der Waals surface area contributed by atoms with E-state index < -0.39 is 0 Å². The molecule has 1 atom stereocenters. The predicted octanol–water partition coefficient (Wildman–Crippen LogP) is 5.50. The molecule has 1 aromatic carbocycles. The van der Waals surface area contributed by atoms with Gasteiger partial charge in [-0.15, -0.1) is 11.6 Å². The average molecular weight is 298 g/mol. The number of unbranched alkanes of at least 4 members (excludes halogenated alkanes) is 5. The van der Waals surface area contributed by atoms with Crippen molar-refractivity contribution in [2.75, 3.05) is 0 Å². The molecule has 0 fully saturated rings. The molecule has 0 aromatic heterocycles. The average Bonchev–Trinajstić information content (AvgIpc) is 2.43. The van der Waals surface area contributed by atoms with Gasteiger partial charge in [0.2, 0.25) is 0 Å². The Hall–Kier alpha value is -1.09. The Kier molecular flexibility index (Phi) is 8.28. The number of halogens is 1. The number of hydrogen-bond donors (Lipinski definition) is 0. The summed E-state index contributed by atoms with van der Waals surface area (Å²) in [5, 5.41) is 10.7. The van der Waals surface area contributed by atoms with Crippen molar-refractivity contribution >= 4 is 17.3 Å². The molecular weight excluding hydrogens is 274 g/mol. The molecule has 3 nitrogen and oxygen atoms in total. The number of hydrogen-bond acceptors (Lipinski definition) is 2. The summed E-state index contributed by atoms with van der Waals surface area (Å²) in [7, 11) is 0. The van der Waals surface area contributed by atoms with Gasteiger partial charge in [0, 0.05) is 17.5 Å². The third-order valence-corrected chi connectivity index (χ3v) is 3.85. The lowest BCUT2D eigenvalue weighted by molar-refractivity contribution is -0.384. The molecule has 0 radical (unpaired) electrons. The molecule has 1 unspecified atom stereocenters. The number of benzene rings is 1. The lowest BCUT2D eigenvalue weighted by Gasteiger charge is -2.09. The smallest absolute Gasteiger partial charge is 0.258 e. The van der Waals surface area contributed by atoms with Gasteiger partial charge in [-0.2, -0.15) is 0 Å². The summed E-state index contributed by atoms with van der Waals surface area (Å²) < 4.78 is 0.